The Morgan fingerprint density at radius 1 is 0.919 bits per heavy atom. The molecular formula is C29H30N2NaO5. The van der Waals surface area contributed by atoms with E-state index in [4.69, 9.17) is 4.42 Å². The number of fused-ring (bicyclic) bond motifs is 2. The van der Waals surface area contributed by atoms with Crippen LogP contribution >= 0.6 is 0 Å². The van der Waals surface area contributed by atoms with E-state index in [1.165, 1.54) is 18.2 Å². The Morgan fingerprint density at radius 3 is 2.22 bits per heavy atom. The molecule has 0 aromatic heterocycles. The number of carbonyl (C=O) groups excluding carboxylic acids is 1. The molecule has 1 N–H and O–H groups in total. The van der Waals surface area contributed by atoms with Crippen molar-refractivity contribution in [3.8, 4) is 22.5 Å². The van der Waals surface area contributed by atoms with Gasteiger partial charge in [-0.1, -0.05) is 6.07 Å². The van der Waals surface area contributed by atoms with Crippen molar-refractivity contribution in [2.75, 3.05) is 31.1 Å². The van der Waals surface area contributed by atoms with Crippen molar-refractivity contribution in [3.05, 3.63) is 71.1 Å². The van der Waals surface area contributed by atoms with Crippen LogP contribution in [0.15, 0.2) is 59.0 Å². The first-order valence-corrected chi connectivity index (χ1v) is 12.2. The van der Waals surface area contributed by atoms with Crippen LogP contribution in [0.5, 0.6) is 0 Å². The van der Waals surface area contributed by atoms with Gasteiger partial charge in [0.15, 0.2) is 0 Å². The number of carboxylic acid groups (broad SMARTS) is 2. The Labute approximate surface area is 238 Å². The number of nitrogens with zero attached hydrogens (tertiary/aromatic N) is 2. The second-order valence-electron chi connectivity index (χ2n) is 8.54. The predicted octanol–water partition coefficient (Wildman–Crippen LogP) is 3.54. The summed E-state index contributed by atoms with van der Waals surface area (Å²) in [7, 11) is 0. The smallest absolute Gasteiger partial charge is 0.336 e. The van der Waals surface area contributed by atoms with Crippen LogP contribution in [0.2, 0.25) is 0 Å². The average Bonchev–Trinajstić information content (AvgIpc) is 2.88. The van der Waals surface area contributed by atoms with Gasteiger partial charge in [-0.25, -0.2) is 9.37 Å². The fourth-order valence-corrected chi connectivity index (χ4v) is 4.79. The number of rotatable bonds is 8. The van der Waals surface area contributed by atoms with E-state index in [-0.39, 0.29) is 40.7 Å². The summed E-state index contributed by atoms with van der Waals surface area (Å²) < 4.78 is 8.62. The fraction of sp³-hybridized carbons (Fsp3) is 0.276. The van der Waals surface area contributed by atoms with E-state index in [1.807, 2.05) is 36.4 Å². The van der Waals surface area contributed by atoms with E-state index in [0.29, 0.717) is 33.4 Å². The normalized spacial score (nSPS) is 10.8. The first-order valence-electron chi connectivity index (χ1n) is 12.2. The summed E-state index contributed by atoms with van der Waals surface area (Å²) in [6.07, 6.45) is 0. The van der Waals surface area contributed by atoms with Crippen LogP contribution in [0.25, 0.3) is 33.4 Å². The van der Waals surface area contributed by atoms with Crippen LogP contribution in [0.1, 0.15) is 48.4 Å². The molecule has 4 rings (SSSR count). The standard InChI is InChI=1S/C29H30N2O5.Na/c1-5-30(6-2)19-10-13-22-25(16-19)36-26-17-20(31(7-3)8-4)11-14-23(26)27(22)24-15-18(28(32)33)9-12-21(24)29(34)35;/h9-17H,5-8H2,1-4H3,(H-,32,33,34,35);. The van der Waals surface area contributed by atoms with Crippen molar-refractivity contribution >= 4 is 58.2 Å². The number of hydrogen-bond acceptors (Lipinski definition) is 5. The van der Waals surface area contributed by atoms with E-state index < -0.39 is 11.9 Å². The van der Waals surface area contributed by atoms with Crippen LogP contribution in [0.3, 0.4) is 0 Å². The van der Waals surface area contributed by atoms with Gasteiger partial charge in [0.1, 0.15) is 24.4 Å². The van der Waals surface area contributed by atoms with Gasteiger partial charge < -0.3 is 24.3 Å². The van der Waals surface area contributed by atoms with E-state index in [2.05, 4.69) is 37.2 Å². The van der Waals surface area contributed by atoms with Gasteiger partial charge in [0.2, 0.25) is 5.36 Å². The topological polar surface area (TPSA) is 96.8 Å². The maximum Gasteiger partial charge on any atom is 0.336 e. The minimum atomic E-state index is -1.37. The van der Waals surface area contributed by atoms with E-state index in [1.54, 1.807) is 0 Å². The molecule has 1 heterocycles. The molecule has 1 aliphatic heterocycles. The quantitative estimate of drug-likeness (QED) is 0.222. The summed E-state index contributed by atoms with van der Waals surface area (Å²) in [6.45, 7) is 11.6. The van der Waals surface area contributed by atoms with Crippen LogP contribution in [-0.4, -0.2) is 72.8 Å². The molecule has 0 saturated carbocycles. The zero-order valence-corrected chi connectivity index (χ0v) is 24.0. The zero-order valence-electron chi connectivity index (χ0n) is 22.0. The summed E-state index contributed by atoms with van der Waals surface area (Å²) in [5.41, 5.74) is 3.13. The first kappa shape index (κ1) is 28.4. The van der Waals surface area contributed by atoms with Crippen LogP contribution < -0.4 is 19.9 Å². The molecule has 0 fully saturated rings. The Hall–Kier alpha value is -3.13. The van der Waals surface area contributed by atoms with Gasteiger partial charge in [0.25, 0.3) is 0 Å². The monoisotopic (exact) mass is 509 g/mol. The molecule has 0 atom stereocenters. The van der Waals surface area contributed by atoms with Crippen molar-refractivity contribution in [2.45, 2.75) is 27.7 Å². The molecule has 37 heavy (non-hydrogen) atoms. The SMILES string of the molecule is CCN(CC)c1ccc2c(-c3cc(C(=O)[O-])ccc3C(=O)O)c3ccc(=[N+](CC)CC)cc-3oc2c1.[Na]. The third-order valence-electron chi connectivity index (χ3n) is 6.70. The Balaban J connectivity index is 0.00000380. The summed E-state index contributed by atoms with van der Waals surface area (Å²) in [5, 5.41) is 23.3. The van der Waals surface area contributed by atoms with Crippen LogP contribution in [-0.2, 0) is 0 Å². The summed E-state index contributed by atoms with van der Waals surface area (Å²) in [6, 6.07) is 15.7. The van der Waals surface area contributed by atoms with Gasteiger partial charge >= 0.3 is 5.97 Å². The van der Waals surface area contributed by atoms with Crippen LogP contribution in [0, 0.1) is 0 Å². The third kappa shape index (κ3) is 5.44. The molecule has 0 saturated heterocycles. The van der Waals surface area contributed by atoms with E-state index in [0.717, 1.165) is 37.2 Å². The van der Waals surface area contributed by atoms with Crippen molar-refractivity contribution in [3.63, 3.8) is 0 Å². The molecule has 1 radical (unpaired) electrons. The maximum absolute atomic E-state index is 12.2. The molecule has 2 aromatic carbocycles. The van der Waals surface area contributed by atoms with E-state index in [9.17, 15) is 19.8 Å². The Bertz CT molecular complexity index is 1500. The minimum absolute atomic E-state index is 0. The molecule has 0 spiro atoms. The molecular weight excluding hydrogens is 479 g/mol. The van der Waals surface area contributed by atoms with E-state index >= 15 is 0 Å². The number of benzene rings is 3. The van der Waals surface area contributed by atoms with Gasteiger partial charge in [-0.15, -0.1) is 0 Å². The maximum atomic E-state index is 12.2. The zero-order chi connectivity index (χ0) is 26.0. The largest absolute Gasteiger partial charge is 0.545 e. The average molecular weight is 510 g/mol. The molecule has 1 aliphatic carbocycles. The van der Waals surface area contributed by atoms with Gasteiger partial charge in [-0.05, 0) is 69.2 Å². The second kappa shape index (κ2) is 11.9. The number of carboxylic acids is 2. The van der Waals surface area contributed by atoms with Crippen LogP contribution in [0.4, 0.5) is 5.69 Å². The molecule has 7 nitrogen and oxygen atoms in total. The van der Waals surface area contributed by atoms with Crippen molar-refractivity contribution in [1.29, 1.82) is 0 Å². The Morgan fingerprint density at radius 2 is 1.62 bits per heavy atom. The van der Waals surface area contributed by atoms with Crippen molar-refractivity contribution < 1.29 is 24.2 Å². The molecule has 2 aliphatic rings. The van der Waals surface area contributed by atoms with Crippen molar-refractivity contribution in [2.24, 2.45) is 0 Å². The molecule has 2 aromatic rings. The molecule has 8 heteroatoms. The predicted molar refractivity (Wildman–Crippen MR) is 145 cm³/mol. The van der Waals surface area contributed by atoms with Gasteiger partial charge in [-0.3, -0.25) is 0 Å². The Kier molecular flexibility index (Phi) is 9.18. The number of hydrogen-bond donors (Lipinski definition) is 1. The fourth-order valence-electron chi connectivity index (χ4n) is 4.79. The number of carbonyl (C=O) groups is 2. The second-order valence-corrected chi connectivity index (χ2v) is 8.54. The van der Waals surface area contributed by atoms with Gasteiger partial charge in [0.05, 0.1) is 17.6 Å². The van der Waals surface area contributed by atoms with Gasteiger partial charge in [0, 0.05) is 77.0 Å². The molecule has 0 unspecified atom stereocenters. The summed E-state index contributed by atoms with van der Waals surface area (Å²) in [5.74, 6) is -1.92. The van der Waals surface area contributed by atoms with Gasteiger partial charge in [-0.2, -0.15) is 0 Å². The summed E-state index contributed by atoms with van der Waals surface area (Å²) in [4.78, 5) is 26.1. The molecule has 0 bridgehead atoms. The molecule has 0 amide bonds. The summed E-state index contributed by atoms with van der Waals surface area (Å²) >= 11 is 0. The number of anilines is 1. The molecule has 187 valence electrons. The number of aromatic carboxylic acids is 2. The first-order chi connectivity index (χ1) is 17.3. The van der Waals surface area contributed by atoms with Crippen molar-refractivity contribution in [1.82, 2.24) is 4.58 Å². The minimum Gasteiger partial charge on any atom is -0.545 e. The third-order valence-corrected chi connectivity index (χ3v) is 6.70.